The zero-order valence-corrected chi connectivity index (χ0v) is 25.6. The van der Waals surface area contributed by atoms with Gasteiger partial charge in [-0.1, -0.05) is 32.6 Å². The largest absolute Gasteiger partial charge is 0.494 e. The average Bonchev–Trinajstić information content (AvgIpc) is 2.99. The summed E-state index contributed by atoms with van der Waals surface area (Å²) in [5, 5.41) is 0. The van der Waals surface area contributed by atoms with Crippen LogP contribution in [0.2, 0.25) is 0 Å². The molecule has 50 heavy (non-hydrogen) atoms. The first-order chi connectivity index (χ1) is 22.9. The highest BCUT2D eigenvalue weighted by Crippen LogP contribution is 2.56. The van der Waals surface area contributed by atoms with Crippen LogP contribution < -0.4 is 9.47 Å². The number of aromatic nitrogens is 2. The third-order valence-corrected chi connectivity index (χ3v) is 6.22. The molecular formula is C28H29F15N2O5. The number of unbranched alkanes of at least 4 members (excludes halogenated alkanes) is 4. The van der Waals surface area contributed by atoms with Crippen molar-refractivity contribution in [1.29, 1.82) is 0 Å². The molecule has 0 bridgehead atoms. The highest BCUT2D eigenvalue weighted by atomic mass is 19.4. The number of benzene rings is 1. The molecule has 286 valence electrons. The van der Waals surface area contributed by atoms with Gasteiger partial charge in [0.2, 0.25) is 0 Å². The quantitative estimate of drug-likeness (QED) is 0.0876. The number of rotatable bonds is 22. The number of nitrogens with zero attached hydrogens (tertiary/aromatic N) is 2. The Morgan fingerprint density at radius 3 is 1.62 bits per heavy atom. The summed E-state index contributed by atoms with van der Waals surface area (Å²) in [4.78, 5) is 8.42. The summed E-state index contributed by atoms with van der Waals surface area (Å²) in [6, 6.07) is 6.12. The van der Waals surface area contributed by atoms with Crippen LogP contribution in [-0.2, 0) is 14.2 Å². The summed E-state index contributed by atoms with van der Waals surface area (Å²) in [5.74, 6) is -14.6. The van der Waals surface area contributed by atoms with Gasteiger partial charge in [0, 0.05) is 12.0 Å². The van der Waals surface area contributed by atoms with E-state index in [2.05, 4.69) is 26.4 Å². The van der Waals surface area contributed by atoms with Gasteiger partial charge in [-0.15, -0.1) is 0 Å². The van der Waals surface area contributed by atoms with Gasteiger partial charge in [-0.2, -0.15) is 65.9 Å². The Morgan fingerprint density at radius 2 is 1.06 bits per heavy atom. The van der Waals surface area contributed by atoms with Crippen molar-refractivity contribution in [3.8, 4) is 22.9 Å². The number of ether oxygens (including phenoxy) is 5. The maximum atomic E-state index is 13.7. The Labute approximate surface area is 274 Å². The highest BCUT2D eigenvalue weighted by Gasteiger charge is 2.85. The lowest BCUT2D eigenvalue weighted by Crippen LogP contribution is -2.64. The molecule has 0 atom stereocenters. The van der Waals surface area contributed by atoms with Crippen LogP contribution in [0.4, 0.5) is 65.9 Å². The summed E-state index contributed by atoms with van der Waals surface area (Å²) < 4.78 is 215. The molecule has 0 fully saturated rings. The lowest BCUT2D eigenvalue weighted by atomic mass is 10.1. The Kier molecular flexibility index (Phi) is 14.4. The van der Waals surface area contributed by atoms with Gasteiger partial charge in [0.15, 0.2) is 11.6 Å². The fourth-order valence-corrected chi connectivity index (χ4v) is 3.60. The van der Waals surface area contributed by atoms with Crippen molar-refractivity contribution in [3.05, 3.63) is 36.7 Å². The van der Waals surface area contributed by atoms with Gasteiger partial charge in [0.05, 0.1) is 32.2 Å². The lowest BCUT2D eigenvalue weighted by molar-refractivity contribution is -0.543. The second kappa shape index (κ2) is 16.8. The van der Waals surface area contributed by atoms with E-state index in [1.165, 1.54) is 24.5 Å². The van der Waals surface area contributed by atoms with E-state index in [4.69, 9.17) is 9.47 Å². The van der Waals surface area contributed by atoms with Crippen molar-refractivity contribution in [1.82, 2.24) is 9.97 Å². The number of hydrogen-bond donors (Lipinski definition) is 0. The van der Waals surface area contributed by atoms with Crippen molar-refractivity contribution < 1.29 is 89.5 Å². The maximum Gasteiger partial charge on any atom is 0.460 e. The van der Waals surface area contributed by atoms with Gasteiger partial charge >= 0.3 is 42.5 Å². The SMILES string of the molecule is CCCCCCCOc1cnc(-c2ccc(OCCCOCC(F)(F)OC(F)(F)C(F)(F)OC(F)(F)C(F)(F)C(F)(F)C(F)(F)F)cc2)nc1. The van der Waals surface area contributed by atoms with E-state index in [0.29, 0.717) is 23.7 Å². The molecule has 0 spiro atoms. The molecule has 1 aromatic carbocycles. The van der Waals surface area contributed by atoms with Crippen molar-refractivity contribution in [2.75, 3.05) is 26.4 Å². The summed E-state index contributed by atoms with van der Waals surface area (Å²) in [6.07, 6.45) is -26.9. The zero-order valence-electron chi connectivity index (χ0n) is 25.6. The molecule has 7 nitrogen and oxygen atoms in total. The van der Waals surface area contributed by atoms with Gasteiger partial charge in [-0.3, -0.25) is 0 Å². The van der Waals surface area contributed by atoms with Crippen molar-refractivity contribution in [2.24, 2.45) is 0 Å². The smallest absolute Gasteiger partial charge is 0.460 e. The van der Waals surface area contributed by atoms with Crippen molar-refractivity contribution in [2.45, 2.75) is 87.9 Å². The predicted molar refractivity (Wildman–Crippen MR) is 141 cm³/mol. The second-order valence-corrected chi connectivity index (χ2v) is 10.3. The molecule has 2 aromatic rings. The standard InChI is InChI=1S/C28H29F15N2O5/c1-2-3-4-5-6-13-48-20-15-44-21(45-16-20)18-8-10-19(11-9-18)47-14-7-12-46-17-22(29,30)49-27(40,41)28(42,43)50-26(38,39)24(33,34)23(31,32)25(35,36)37/h8-11,15-16H,2-7,12-14,17H2,1H3. The molecule has 0 saturated carbocycles. The third kappa shape index (κ3) is 11.4. The molecule has 1 heterocycles. The second-order valence-electron chi connectivity index (χ2n) is 10.3. The van der Waals surface area contributed by atoms with Crippen LogP contribution in [0.5, 0.6) is 11.5 Å². The number of hydrogen-bond acceptors (Lipinski definition) is 7. The van der Waals surface area contributed by atoms with Gasteiger partial charge in [-0.25, -0.2) is 19.4 Å². The Bertz CT molecular complexity index is 1310. The van der Waals surface area contributed by atoms with Gasteiger partial charge in [0.1, 0.15) is 12.4 Å². The number of halogens is 15. The Balaban J connectivity index is 1.81. The van der Waals surface area contributed by atoms with E-state index < -0.39 is 55.7 Å². The molecule has 1 aromatic heterocycles. The molecule has 0 saturated heterocycles. The van der Waals surface area contributed by atoms with Crippen molar-refractivity contribution >= 4 is 0 Å². The first kappa shape index (κ1) is 42.9. The molecule has 0 aliphatic heterocycles. The predicted octanol–water partition coefficient (Wildman–Crippen LogP) is 9.52. The summed E-state index contributed by atoms with van der Waals surface area (Å²) in [7, 11) is 0. The first-order valence-corrected chi connectivity index (χ1v) is 14.4. The molecule has 0 unspecified atom stereocenters. The van der Waals surface area contributed by atoms with Crippen LogP contribution in [0.1, 0.15) is 45.4 Å². The van der Waals surface area contributed by atoms with Crippen LogP contribution in [-0.4, -0.2) is 78.9 Å². The van der Waals surface area contributed by atoms with E-state index in [-0.39, 0.29) is 18.8 Å². The maximum absolute atomic E-state index is 13.7. The van der Waals surface area contributed by atoms with E-state index in [0.717, 1.165) is 32.1 Å². The third-order valence-electron chi connectivity index (χ3n) is 6.22. The minimum atomic E-state index is -7.92. The van der Waals surface area contributed by atoms with Gasteiger partial charge < -0.3 is 14.2 Å². The summed E-state index contributed by atoms with van der Waals surface area (Å²) in [6.45, 7) is -0.643. The lowest BCUT2D eigenvalue weighted by Gasteiger charge is -2.36. The van der Waals surface area contributed by atoms with E-state index in [9.17, 15) is 65.9 Å². The number of alkyl halides is 15. The molecule has 0 radical (unpaired) electrons. The molecular weight excluding hydrogens is 729 g/mol. The average molecular weight is 759 g/mol. The minimum absolute atomic E-state index is 0.245. The van der Waals surface area contributed by atoms with Gasteiger partial charge in [0.25, 0.3) is 0 Å². The van der Waals surface area contributed by atoms with E-state index in [1.807, 2.05) is 0 Å². The molecule has 2 rings (SSSR count). The van der Waals surface area contributed by atoms with Crippen LogP contribution in [0.25, 0.3) is 11.4 Å². The zero-order chi connectivity index (χ0) is 38.1. The molecule has 0 aliphatic carbocycles. The molecule has 22 heteroatoms. The van der Waals surface area contributed by atoms with E-state index in [1.54, 1.807) is 16.9 Å². The van der Waals surface area contributed by atoms with Crippen LogP contribution in [0, 0.1) is 0 Å². The van der Waals surface area contributed by atoms with Crippen molar-refractivity contribution in [3.63, 3.8) is 0 Å². The Hall–Kier alpha value is -3.27. The highest BCUT2D eigenvalue weighted by molar-refractivity contribution is 5.56. The van der Waals surface area contributed by atoms with Crippen LogP contribution in [0.3, 0.4) is 0 Å². The van der Waals surface area contributed by atoms with Crippen LogP contribution in [0.15, 0.2) is 36.7 Å². The fourth-order valence-electron chi connectivity index (χ4n) is 3.60. The van der Waals surface area contributed by atoms with E-state index >= 15 is 0 Å². The summed E-state index contributed by atoms with van der Waals surface area (Å²) >= 11 is 0. The topological polar surface area (TPSA) is 71.9 Å². The molecule has 0 N–H and O–H groups in total. The Morgan fingerprint density at radius 1 is 0.540 bits per heavy atom. The minimum Gasteiger partial charge on any atom is -0.494 e. The fraction of sp³-hybridized carbons (Fsp3) is 0.643. The summed E-state index contributed by atoms with van der Waals surface area (Å²) in [5.41, 5.74) is 0.582. The first-order valence-electron chi connectivity index (χ1n) is 14.4. The molecule has 0 amide bonds. The van der Waals surface area contributed by atoms with Gasteiger partial charge in [-0.05, 0) is 30.7 Å². The van der Waals surface area contributed by atoms with Crippen LogP contribution >= 0.6 is 0 Å². The molecule has 0 aliphatic rings. The monoisotopic (exact) mass is 758 g/mol. The normalized spacial score (nSPS) is 13.8.